The number of carboxylic acids is 1. The van der Waals surface area contributed by atoms with E-state index < -0.39 is 46.2 Å². The minimum Gasteiger partial charge on any atom is -0.480 e. The fraction of sp³-hybridized carbons (Fsp3) is 0.172. The maximum atomic E-state index is 14.8. The van der Waals surface area contributed by atoms with Gasteiger partial charge in [-0.15, -0.1) is 0 Å². The zero-order chi connectivity index (χ0) is 28.9. The predicted octanol–water partition coefficient (Wildman–Crippen LogP) is 4.78. The van der Waals surface area contributed by atoms with Crippen LogP contribution in [-0.2, 0) is 26.0 Å². The van der Waals surface area contributed by atoms with Gasteiger partial charge in [0.05, 0.1) is 17.4 Å². The molecule has 1 amide bonds. The first-order valence-electron chi connectivity index (χ1n) is 12.3. The number of carboxylic acid groups (broad SMARTS) is 1. The smallest absolute Gasteiger partial charge is 0.326 e. The largest absolute Gasteiger partial charge is 0.480 e. The Hall–Kier alpha value is -3.99. The van der Waals surface area contributed by atoms with E-state index in [1.807, 2.05) is 24.3 Å². The van der Waals surface area contributed by atoms with Crippen molar-refractivity contribution in [2.24, 2.45) is 0 Å². The molecule has 0 radical (unpaired) electrons. The highest BCUT2D eigenvalue weighted by atomic mass is 35.5. The molecule has 3 aromatic rings. The minimum absolute atomic E-state index is 0.0168. The van der Waals surface area contributed by atoms with Gasteiger partial charge in [-0.25, -0.2) is 17.6 Å². The Morgan fingerprint density at radius 3 is 2.52 bits per heavy atom. The quantitative estimate of drug-likeness (QED) is 0.257. The van der Waals surface area contributed by atoms with Gasteiger partial charge in [-0.3, -0.25) is 4.79 Å². The van der Waals surface area contributed by atoms with Gasteiger partial charge in [0.1, 0.15) is 11.9 Å². The minimum atomic E-state index is -3.92. The molecule has 1 aliphatic rings. The molecular weight excluding hydrogens is 557 g/mol. The highest BCUT2D eigenvalue weighted by Gasteiger charge is 2.28. The van der Waals surface area contributed by atoms with Crippen LogP contribution in [0.4, 0.5) is 10.1 Å². The predicted molar refractivity (Wildman–Crippen MR) is 153 cm³/mol. The summed E-state index contributed by atoms with van der Waals surface area (Å²) in [6.07, 6.45) is 6.11. The number of hydrogen-bond donors (Lipinski definition) is 4. The number of amides is 1. The van der Waals surface area contributed by atoms with E-state index in [9.17, 15) is 27.5 Å². The van der Waals surface area contributed by atoms with Crippen molar-refractivity contribution in [1.82, 2.24) is 10.0 Å². The Balaban J connectivity index is 1.46. The first kappa shape index (κ1) is 29.0. The van der Waals surface area contributed by atoms with Crippen molar-refractivity contribution in [3.8, 4) is 0 Å². The fourth-order valence-electron chi connectivity index (χ4n) is 4.38. The van der Waals surface area contributed by atoms with Crippen LogP contribution in [0.3, 0.4) is 0 Å². The summed E-state index contributed by atoms with van der Waals surface area (Å²) in [4.78, 5) is 24.6. The molecule has 0 saturated heterocycles. The zero-order valence-corrected chi connectivity index (χ0v) is 23.0. The van der Waals surface area contributed by atoms with Crippen molar-refractivity contribution in [2.75, 3.05) is 12.4 Å². The van der Waals surface area contributed by atoms with Crippen LogP contribution in [0.15, 0.2) is 77.7 Å². The molecule has 4 rings (SSSR count). The van der Waals surface area contributed by atoms with Crippen LogP contribution >= 0.6 is 11.6 Å². The monoisotopic (exact) mass is 583 g/mol. The first-order chi connectivity index (χ1) is 19.1. The number of aliphatic carboxylic acids is 1. The molecule has 0 aliphatic heterocycles. The third-order valence-electron chi connectivity index (χ3n) is 6.40. The van der Waals surface area contributed by atoms with Crippen molar-refractivity contribution >= 4 is 51.3 Å². The van der Waals surface area contributed by atoms with Crippen molar-refractivity contribution in [1.29, 1.82) is 0 Å². The molecule has 0 spiro atoms. The molecule has 0 fully saturated rings. The number of fused-ring (bicyclic) bond motifs is 1. The van der Waals surface area contributed by atoms with Crippen molar-refractivity contribution in [3.05, 3.63) is 106 Å². The summed E-state index contributed by atoms with van der Waals surface area (Å²) in [5.74, 6) is -2.56. The van der Waals surface area contributed by atoms with Gasteiger partial charge in [-0.2, -0.15) is 4.72 Å². The molecule has 1 aliphatic carbocycles. The van der Waals surface area contributed by atoms with E-state index in [0.717, 1.165) is 17.3 Å². The summed E-state index contributed by atoms with van der Waals surface area (Å²) in [7, 11) is -2.14. The molecule has 4 N–H and O–H groups in total. The molecule has 208 valence electrons. The van der Waals surface area contributed by atoms with Crippen molar-refractivity contribution < 1.29 is 27.5 Å². The lowest BCUT2D eigenvalue weighted by Crippen LogP contribution is -2.41. The second-order valence-electron chi connectivity index (χ2n) is 9.05. The summed E-state index contributed by atoms with van der Waals surface area (Å²) in [6.45, 7) is 0. The van der Waals surface area contributed by atoms with Crippen LogP contribution in [0.2, 0.25) is 5.02 Å². The lowest BCUT2D eigenvalue weighted by Gasteiger charge is -2.17. The second-order valence-corrected chi connectivity index (χ2v) is 11.2. The highest BCUT2D eigenvalue weighted by molar-refractivity contribution is 7.89. The molecule has 40 heavy (non-hydrogen) atoms. The summed E-state index contributed by atoms with van der Waals surface area (Å²) in [6, 6.07) is 13.7. The Bertz CT molecular complexity index is 1590. The summed E-state index contributed by atoms with van der Waals surface area (Å²) in [5, 5.41) is 15.5. The number of carbonyl (C=O) groups excluding carboxylic acids is 1. The number of hydrogen-bond acceptors (Lipinski definition) is 5. The summed E-state index contributed by atoms with van der Waals surface area (Å²) >= 11 is 5.85. The maximum absolute atomic E-state index is 14.8. The van der Waals surface area contributed by atoms with E-state index in [4.69, 9.17) is 11.6 Å². The fourth-order valence-corrected chi connectivity index (χ4v) is 5.68. The van der Waals surface area contributed by atoms with Gasteiger partial charge in [0.15, 0.2) is 0 Å². The van der Waals surface area contributed by atoms with Crippen LogP contribution in [0.25, 0.3) is 12.2 Å². The Morgan fingerprint density at radius 2 is 1.82 bits per heavy atom. The van der Waals surface area contributed by atoms with Crippen LogP contribution in [0.5, 0.6) is 0 Å². The van der Waals surface area contributed by atoms with Gasteiger partial charge in [0.25, 0.3) is 0 Å². The van der Waals surface area contributed by atoms with Crippen LogP contribution < -0.4 is 15.4 Å². The normalized spacial score (nSPS) is 15.1. The number of anilines is 1. The standard InChI is InChI=1S/C29H27ClFN3O5S/c1-32-25-7-3-2-5-18(25)6-4-8-27(29(36)37)33-28(35)17-23-21-14-16-26(22(21)13-15-24(23)31)34-40(38,39)20-11-9-19(30)10-12-20/h2-7,9-16,26-27,32,34H,8,17H2,1H3,(H,33,35)(H,36,37)/b6-4+/t26?,27-/m1/s1. The Kier molecular flexibility index (Phi) is 9.03. The average Bonchev–Trinajstić information content (AvgIpc) is 3.32. The van der Waals surface area contributed by atoms with E-state index in [-0.39, 0.29) is 16.9 Å². The molecule has 3 aromatic carbocycles. The summed E-state index contributed by atoms with van der Waals surface area (Å²) < 4.78 is 43.1. The highest BCUT2D eigenvalue weighted by Crippen LogP contribution is 2.33. The Morgan fingerprint density at radius 1 is 1.10 bits per heavy atom. The summed E-state index contributed by atoms with van der Waals surface area (Å²) in [5.41, 5.74) is 2.61. The molecule has 8 nitrogen and oxygen atoms in total. The third-order valence-corrected chi connectivity index (χ3v) is 8.11. The molecule has 0 saturated carbocycles. The van der Waals surface area contributed by atoms with Crippen LogP contribution in [0, 0.1) is 5.82 Å². The molecule has 0 heterocycles. The molecule has 11 heteroatoms. The van der Waals surface area contributed by atoms with Crippen molar-refractivity contribution in [3.63, 3.8) is 0 Å². The first-order valence-corrected chi connectivity index (χ1v) is 14.2. The van der Waals surface area contributed by atoms with Gasteiger partial charge >= 0.3 is 5.97 Å². The second kappa shape index (κ2) is 12.5. The van der Waals surface area contributed by atoms with E-state index >= 15 is 0 Å². The van der Waals surface area contributed by atoms with E-state index in [0.29, 0.717) is 16.1 Å². The van der Waals surface area contributed by atoms with Gasteiger partial charge < -0.3 is 15.7 Å². The molecule has 0 aromatic heterocycles. The maximum Gasteiger partial charge on any atom is 0.326 e. The van der Waals surface area contributed by atoms with Gasteiger partial charge in [-0.05, 0) is 59.5 Å². The van der Waals surface area contributed by atoms with Gasteiger partial charge in [0.2, 0.25) is 15.9 Å². The van der Waals surface area contributed by atoms with Gasteiger partial charge in [-0.1, -0.05) is 60.2 Å². The van der Waals surface area contributed by atoms with E-state index in [2.05, 4.69) is 15.4 Å². The lowest BCUT2D eigenvalue weighted by molar-refractivity contribution is -0.141. The third kappa shape index (κ3) is 6.77. The number of sulfonamides is 1. The van der Waals surface area contributed by atoms with Crippen LogP contribution in [-0.4, -0.2) is 38.5 Å². The molecule has 1 unspecified atom stereocenters. The topological polar surface area (TPSA) is 125 Å². The SMILES string of the molecule is CNc1ccccc1/C=C/C[C@@H](NC(=O)Cc1c(F)ccc2c1C=CC2NS(=O)(=O)c1ccc(Cl)cc1)C(=O)O. The van der Waals surface area contributed by atoms with Crippen LogP contribution in [0.1, 0.15) is 34.7 Å². The number of benzene rings is 3. The number of nitrogens with one attached hydrogen (secondary N) is 3. The number of halogens is 2. The molecular formula is C29H27ClFN3O5S. The average molecular weight is 584 g/mol. The number of rotatable bonds is 11. The molecule has 0 bridgehead atoms. The van der Waals surface area contributed by atoms with Gasteiger partial charge in [0, 0.05) is 23.3 Å². The van der Waals surface area contributed by atoms with E-state index in [1.54, 1.807) is 31.4 Å². The molecule has 2 atom stereocenters. The number of para-hydroxylation sites is 1. The number of carbonyl (C=O) groups is 2. The van der Waals surface area contributed by atoms with E-state index in [1.165, 1.54) is 30.3 Å². The van der Waals surface area contributed by atoms with Crippen molar-refractivity contribution in [2.45, 2.75) is 29.8 Å². The zero-order valence-electron chi connectivity index (χ0n) is 21.4. The Labute approximate surface area is 236 Å². The lowest BCUT2D eigenvalue weighted by atomic mass is 9.98.